The molecular weight excluding hydrogens is 352 g/mol. The van der Waals surface area contributed by atoms with E-state index in [1.807, 2.05) is 20.8 Å². The van der Waals surface area contributed by atoms with Crippen LogP contribution < -0.4 is 5.32 Å². The minimum atomic E-state index is -3.48. The minimum Gasteiger partial charge on any atom is -0.368 e. The summed E-state index contributed by atoms with van der Waals surface area (Å²) in [6.07, 6.45) is 1.87. The van der Waals surface area contributed by atoms with Gasteiger partial charge in [-0.1, -0.05) is 32.1 Å². The number of carbonyl (C=O) groups is 1. The second-order valence-corrected chi connectivity index (χ2v) is 7.92. The Hall–Kier alpha value is -1.70. The number of sulfonamides is 1. The Kier molecular flexibility index (Phi) is 8.98. The predicted molar refractivity (Wildman–Crippen MR) is 103 cm³/mol. The lowest BCUT2D eigenvalue weighted by molar-refractivity contribution is -0.132. The van der Waals surface area contributed by atoms with Crippen LogP contribution in [0, 0.1) is 0 Å². The highest BCUT2D eigenvalue weighted by Crippen LogP contribution is 2.19. The van der Waals surface area contributed by atoms with E-state index in [2.05, 4.69) is 11.9 Å². The SMILES string of the molecule is C=CCCOC(C)C(=O)NC(C)c1ccc(S(=O)(=O)N(CC)CC)cc1. The maximum atomic E-state index is 12.5. The second-order valence-electron chi connectivity index (χ2n) is 5.98. The number of hydrogen-bond donors (Lipinski definition) is 1. The van der Waals surface area contributed by atoms with Crippen LogP contribution >= 0.6 is 0 Å². The fraction of sp³-hybridized carbons (Fsp3) is 0.526. The smallest absolute Gasteiger partial charge is 0.249 e. The molecule has 0 fully saturated rings. The van der Waals surface area contributed by atoms with E-state index in [-0.39, 0.29) is 16.8 Å². The van der Waals surface area contributed by atoms with Gasteiger partial charge in [0.25, 0.3) is 0 Å². The number of benzene rings is 1. The van der Waals surface area contributed by atoms with Crippen molar-refractivity contribution in [1.29, 1.82) is 0 Å². The van der Waals surface area contributed by atoms with Gasteiger partial charge in [-0.15, -0.1) is 6.58 Å². The fourth-order valence-corrected chi connectivity index (χ4v) is 3.92. The van der Waals surface area contributed by atoms with Crippen LogP contribution in [0.5, 0.6) is 0 Å². The fourth-order valence-electron chi connectivity index (χ4n) is 2.46. The van der Waals surface area contributed by atoms with E-state index in [4.69, 9.17) is 4.74 Å². The number of carbonyl (C=O) groups excluding carboxylic acids is 1. The quantitative estimate of drug-likeness (QED) is 0.472. The van der Waals surface area contributed by atoms with Gasteiger partial charge in [0, 0.05) is 13.1 Å². The average Bonchev–Trinajstić information content (AvgIpc) is 2.62. The zero-order chi connectivity index (χ0) is 19.7. The summed E-state index contributed by atoms with van der Waals surface area (Å²) in [5, 5.41) is 2.88. The molecule has 146 valence electrons. The van der Waals surface area contributed by atoms with Crippen LogP contribution in [0.1, 0.15) is 45.7 Å². The van der Waals surface area contributed by atoms with Crippen LogP contribution in [-0.4, -0.2) is 44.4 Å². The Morgan fingerprint density at radius 1 is 1.23 bits per heavy atom. The van der Waals surface area contributed by atoms with Crippen molar-refractivity contribution in [2.45, 2.75) is 51.2 Å². The van der Waals surface area contributed by atoms with Crippen molar-refractivity contribution in [1.82, 2.24) is 9.62 Å². The molecule has 0 spiro atoms. The van der Waals surface area contributed by atoms with Crippen LogP contribution in [0.2, 0.25) is 0 Å². The van der Waals surface area contributed by atoms with Crippen molar-refractivity contribution < 1.29 is 17.9 Å². The maximum absolute atomic E-state index is 12.5. The van der Waals surface area contributed by atoms with Crippen LogP contribution in [0.4, 0.5) is 0 Å². The molecule has 0 aliphatic heterocycles. The molecule has 0 bridgehead atoms. The second kappa shape index (κ2) is 10.4. The molecule has 26 heavy (non-hydrogen) atoms. The summed E-state index contributed by atoms with van der Waals surface area (Å²) in [5.74, 6) is -0.207. The van der Waals surface area contributed by atoms with E-state index in [0.717, 1.165) is 5.56 Å². The van der Waals surface area contributed by atoms with Crippen molar-refractivity contribution in [3.8, 4) is 0 Å². The van der Waals surface area contributed by atoms with E-state index in [0.29, 0.717) is 26.1 Å². The van der Waals surface area contributed by atoms with Crippen molar-refractivity contribution in [2.24, 2.45) is 0 Å². The highest BCUT2D eigenvalue weighted by Gasteiger charge is 2.22. The highest BCUT2D eigenvalue weighted by molar-refractivity contribution is 7.89. The molecule has 0 aromatic heterocycles. The number of ether oxygens (including phenoxy) is 1. The molecule has 0 saturated carbocycles. The lowest BCUT2D eigenvalue weighted by Crippen LogP contribution is -2.36. The number of rotatable bonds is 11. The lowest BCUT2D eigenvalue weighted by Gasteiger charge is -2.20. The maximum Gasteiger partial charge on any atom is 0.249 e. The third-order valence-corrected chi connectivity index (χ3v) is 6.21. The van der Waals surface area contributed by atoms with Gasteiger partial charge in [0.15, 0.2) is 0 Å². The molecule has 0 saturated heterocycles. The highest BCUT2D eigenvalue weighted by atomic mass is 32.2. The lowest BCUT2D eigenvalue weighted by atomic mass is 10.1. The summed E-state index contributed by atoms with van der Waals surface area (Å²) in [6, 6.07) is 6.36. The molecule has 1 rings (SSSR count). The first-order chi connectivity index (χ1) is 12.3. The zero-order valence-corrected chi connectivity index (χ0v) is 16.9. The van der Waals surface area contributed by atoms with Crippen LogP contribution in [-0.2, 0) is 19.6 Å². The van der Waals surface area contributed by atoms with Gasteiger partial charge in [-0.3, -0.25) is 4.79 Å². The molecule has 0 aliphatic rings. The van der Waals surface area contributed by atoms with Gasteiger partial charge >= 0.3 is 0 Å². The van der Waals surface area contributed by atoms with Gasteiger partial charge in [-0.2, -0.15) is 4.31 Å². The summed E-state index contributed by atoms with van der Waals surface area (Å²) in [4.78, 5) is 12.4. The molecule has 7 heteroatoms. The summed E-state index contributed by atoms with van der Waals surface area (Å²) >= 11 is 0. The van der Waals surface area contributed by atoms with E-state index in [1.54, 1.807) is 37.3 Å². The van der Waals surface area contributed by atoms with Gasteiger partial charge in [0.2, 0.25) is 15.9 Å². The van der Waals surface area contributed by atoms with Crippen LogP contribution in [0.25, 0.3) is 0 Å². The molecule has 1 N–H and O–H groups in total. The van der Waals surface area contributed by atoms with Crippen LogP contribution in [0.15, 0.2) is 41.8 Å². The van der Waals surface area contributed by atoms with Crippen LogP contribution in [0.3, 0.4) is 0 Å². The van der Waals surface area contributed by atoms with Gasteiger partial charge in [-0.05, 0) is 38.0 Å². The number of hydrogen-bond acceptors (Lipinski definition) is 4. The van der Waals surface area contributed by atoms with Crippen molar-refractivity contribution >= 4 is 15.9 Å². The molecule has 1 amide bonds. The third kappa shape index (κ3) is 5.93. The van der Waals surface area contributed by atoms with E-state index < -0.39 is 16.1 Å². The molecule has 6 nitrogen and oxygen atoms in total. The summed E-state index contributed by atoms with van der Waals surface area (Å²) in [7, 11) is -3.48. The number of amides is 1. The number of nitrogens with zero attached hydrogens (tertiary/aromatic N) is 1. The average molecular weight is 383 g/mol. The first-order valence-electron chi connectivity index (χ1n) is 8.90. The van der Waals surface area contributed by atoms with E-state index in [1.165, 1.54) is 4.31 Å². The Bertz CT molecular complexity index is 682. The molecule has 1 aromatic rings. The Morgan fingerprint density at radius 2 is 1.81 bits per heavy atom. The first-order valence-corrected chi connectivity index (χ1v) is 10.3. The summed E-state index contributed by atoms with van der Waals surface area (Å²) < 4.78 is 31.8. The standard InChI is InChI=1S/C19H30N2O4S/c1-6-9-14-25-16(5)19(22)20-15(4)17-10-12-18(13-11-17)26(23,24)21(7-2)8-3/h6,10-13,15-16H,1,7-9,14H2,2-5H3,(H,20,22). The normalized spacial score (nSPS) is 14.0. The zero-order valence-electron chi connectivity index (χ0n) is 16.1. The monoisotopic (exact) mass is 382 g/mol. The molecule has 2 unspecified atom stereocenters. The van der Waals surface area contributed by atoms with Crippen molar-refractivity contribution in [3.63, 3.8) is 0 Å². The Morgan fingerprint density at radius 3 is 2.31 bits per heavy atom. The minimum absolute atomic E-state index is 0.207. The largest absolute Gasteiger partial charge is 0.368 e. The molecule has 0 aliphatic carbocycles. The first kappa shape index (κ1) is 22.3. The molecule has 0 radical (unpaired) electrons. The summed E-state index contributed by atoms with van der Waals surface area (Å²) in [6.45, 7) is 12.1. The predicted octanol–water partition coefficient (Wildman–Crippen LogP) is 2.88. The van der Waals surface area contributed by atoms with Gasteiger partial charge in [0.1, 0.15) is 6.10 Å². The van der Waals surface area contributed by atoms with Gasteiger partial charge in [0.05, 0.1) is 17.5 Å². The summed E-state index contributed by atoms with van der Waals surface area (Å²) in [5.41, 5.74) is 0.829. The van der Waals surface area contributed by atoms with E-state index in [9.17, 15) is 13.2 Å². The molecular formula is C19H30N2O4S. The number of nitrogens with one attached hydrogen (secondary N) is 1. The Balaban J connectivity index is 2.76. The molecule has 0 heterocycles. The van der Waals surface area contributed by atoms with Gasteiger partial charge in [-0.25, -0.2) is 8.42 Å². The van der Waals surface area contributed by atoms with Crippen molar-refractivity contribution in [2.75, 3.05) is 19.7 Å². The molecule has 2 atom stereocenters. The molecule has 1 aromatic carbocycles. The Labute approximate surface area is 157 Å². The topological polar surface area (TPSA) is 75.7 Å². The van der Waals surface area contributed by atoms with Crippen molar-refractivity contribution in [3.05, 3.63) is 42.5 Å². The third-order valence-electron chi connectivity index (χ3n) is 4.14. The van der Waals surface area contributed by atoms with E-state index >= 15 is 0 Å². The van der Waals surface area contributed by atoms with Gasteiger partial charge < -0.3 is 10.1 Å².